The first kappa shape index (κ1) is 11.7. The molecule has 15 heavy (non-hydrogen) atoms. The van der Waals surface area contributed by atoms with Gasteiger partial charge in [-0.25, -0.2) is 0 Å². The summed E-state index contributed by atoms with van der Waals surface area (Å²) in [5.41, 5.74) is 0.387. The lowest BCUT2D eigenvalue weighted by Crippen LogP contribution is -2.32. The van der Waals surface area contributed by atoms with Gasteiger partial charge in [0, 0.05) is 19.2 Å². The monoisotopic (exact) mass is 209 g/mol. The van der Waals surface area contributed by atoms with Crippen molar-refractivity contribution < 1.29 is 14.7 Å². The van der Waals surface area contributed by atoms with Crippen LogP contribution in [-0.2, 0) is 9.59 Å². The predicted molar refractivity (Wildman–Crippen MR) is 56.2 cm³/mol. The van der Waals surface area contributed by atoms with Crippen molar-refractivity contribution in [1.29, 1.82) is 0 Å². The number of carbonyl (C=O) groups is 2. The summed E-state index contributed by atoms with van der Waals surface area (Å²) in [7, 11) is 0. The number of hydrogen-bond acceptors (Lipinski definition) is 4. The zero-order valence-corrected chi connectivity index (χ0v) is 8.77. The van der Waals surface area contributed by atoms with Crippen LogP contribution < -0.4 is 0 Å². The molecule has 0 fully saturated rings. The molecule has 0 radical (unpaired) electrons. The van der Waals surface area contributed by atoms with Crippen LogP contribution in [0.2, 0.25) is 0 Å². The summed E-state index contributed by atoms with van der Waals surface area (Å²) in [4.78, 5) is 24.4. The van der Waals surface area contributed by atoms with Gasteiger partial charge in [0.15, 0.2) is 5.78 Å². The largest absolute Gasteiger partial charge is 0.395 e. The maximum Gasteiger partial charge on any atom is 0.202 e. The Morgan fingerprint density at radius 1 is 1.27 bits per heavy atom. The molecule has 0 aromatic rings. The average molecular weight is 209 g/mol. The minimum absolute atomic E-state index is 0.0253. The van der Waals surface area contributed by atoms with E-state index in [-0.39, 0.29) is 18.2 Å². The minimum Gasteiger partial charge on any atom is -0.395 e. The summed E-state index contributed by atoms with van der Waals surface area (Å²) in [5, 5.41) is 8.86. The summed E-state index contributed by atoms with van der Waals surface area (Å²) in [6.07, 6.45) is 4.72. The van der Waals surface area contributed by atoms with Gasteiger partial charge in [0.05, 0.1) is 12.3 Å². The molecule has 0 aromatic carbocycles. The van der Waals surface area contributed by atoms with Crippen LogP contribution in [0.1, 0.15) is 13.3 Å². The minimum atomic E-state index is -0.177. The zero-order valence-electron chi connectivity index (χ0n) is 8.77. The standard InChI is InChI=1S/C11H15NO3/c1-2-5-12(6-7-13)10-8-9(14)3-4-11(10)15/h3-4,8,13H,2,5-7H2,1H3. The van der Waals surface area contributed by atoms with E-state index >= 15 is 0 Å². The van der Waals surface area contributed by atoms with Crippen molar-refractivity contribution in [2.75, 3.05) is 19.7 Å². The van der Waals surface area contributed by atoms with Crippen LogP contribution in [0.4, 0.5) is 0 Å². The number of allylic oxidation sites excluding steroid dienone is 3. The fourth-order valence-corrected chi connectivity index (χ4v) is 1.49. The molecule has 1 aliphatic rings. The second kappa shape index (κ2) is 5.46. The first-order valence-electron chi connectivity index (χ1n) is 5.03. The Labute approximate surface area is 88.9 Å². The fourth-order valence-electron chi connectivity index (χ4n) is 1.49. The Kier molecular flexibility index (Phi) is 4.24. The van der Waals surface area contributed by atoms with Crippen molar-refractivity contribution in [3.8, 4) is 0 Å². The quantitative estimate of drug-likeness (QED) is 0.661. The lowest BCUT2D eigenvalue weighted by molar-refractivity contribution is -0.115. The van der Waals surface area contributed by atoms with Crippen LogP contribution >= 0.6 is 0 Å². The van der Waals surface area contributed by atoms with E-state index in [1.165, 1.54) is 18.2 Å². The molecular formula is C11H15NO3. The van der Waals surface area contributed by atoms with Gasteiger partial charge in [-0.2, -0.15) is 0 Å². The number of aliphatic hydroxyl groups is 1. The number of rotatable bonds is 5. The van der Waals surface area contributed by atoms with Crippen molar-refractivity contribution in [3.63, 3.8) is 0 Å². The molecule has 4 nitrogen and oxygen atoms in total. The Hall–Kier alpha value is -1.42. The molecule has 0 amide bonds. The maximum atomic E-state index is 11.5. The molecule has 1 rings (SSSR count). The van der Waals surface area contributed by atoms with E-state index in [1.54, 1.807) is 4.90 Å². The van der Waals surface area contributed by atoms with Crippen molar-refractivity contribution >= 4 is 11.6 Å². The predicted octanol–water partition coefficient (Wildman–Crippen LogP) is 0.283. The molecule has 0 unspecified atom stereocenters. The molecule has 82 valence electrons. The van der Waals surface area contributed by atoms with Crippen molar-refractivity contribution in [2.24, 2.45) is 0 Å². The summed E-state index contributed by atoms with van der Waals surface area (Å²) >= 11 is 0. The smallest absolute Gasteiger partial charge is 0.202 e. The van der Waals surface area contributed by atoms with E-state index < -0.39 is 0 Å². The number of carbonyl (C=O) groups excluding carboxylic acids is 2. The van der Waals surface area contributed by atoms with Gasteiger partial charge in [0.2, 0.25) is 5.78 Å². The average Bonchev–Trinajstić information content (AvgIpc) is 2.21. The van der Waals surface area contributed by atoms with E-state index in [0.717, 1.165) is 6.42 Å². The van der Waals surface area contributed by atoms with Gasteiger partial charge < -0.3 is 10.0 Å². The van der Waals surface area contributed by atoms with E-state index in [1.807, 2.05) is 6.92 Å². The molecule has 0 saturated carbocycles. The highest BCUT2D eigenvalue weighted by molar-refractivity contribution is 6.16. The third-order valence-electron chi connectivity index (χ3n) is 2.13. The number of ketones is 2. The van der Waals surface area contributed by atoms with Gasteiger partial charge in [-0.1, -0.05) is 6.92 Å². The van der Waals surface area contributed by atoms with Crippen molar-refractivity contribution in [1.82, 2.24) is 4.90 Å². The van der Waals surface area contributed by atoms with Gasteiger partial charge in [-0.15, -0.1) is 0 Å². The van der Waals surface area contributed by atoms with Crippen molar-refractivity contribution in [3.05, 3.63) is 23.9 Å². The second-order valence-corrected chi connectivity index (χ2v) is 3.34. The molecule has 0 spiro atoms. The summed E-state index contributed by atoms with van der Waals surface area (Å²) < 4.78 is 0. The molecule has 0 bridgehead atoms. The van der Waals surface area contributed by atoms with Gasteiger partial charge in [0.25, 0.3) is 0 Å². The van der Waals surface area contributed by atoms with Gasteiger partial charge in [-0.3, -0.25) is 9.59 Å². The maximum absolute atomic E-state index is 11.5. The molecule has 0 aromatic heterocycles. The Bertz CT molecular complexity index is 312. The second-order valence-electron chi connectivity index (χ2n) is 3.34. The molecule has 1 aliphatic carbocycles. The first-order chi connectivity index (χ1) is 7.19. The van der Waals surface area contributed by atoms with Crippen LogP contribution in [0.3, 0.4) is 0 Å². The highest BCUT2D eigenvalue weighted by atomic mass is 16.3. The summed E-state index contributed by atoms with van der Waals surface area (Å²) in [6, 6.07) is 0. The number of aliphatic hydroxyl groups excluding tert-OH is 1. The summed E-state index contributed by atoms with van der Waals surface area (Å²) in [6.45, 7) is 3.00. The van der Waals surface area contributed by atoms with Gasteiger partial charge >= 0.3 is 0 Å². The Balaban J connectivity index is 2.81. The zero-order chi connectivity index (χ0) is 11.3. The lowest BCUT2D eigenvalue weighted by Gasteiger charge is -2.25. The first-order valence-corrected chi connectivity index (χ1v) is 5.03. The van der Waals surface area contributed by atoms with E-state index in [2.05, 4.69) is 0 Å². The number of nitrogens with zero attached hydrogens (tertiary/aromatic N) is 1. The molecule has 1 N–H and O–H groups in total. The molecule has 0 saturated heterocycles. The third kappa shape index (κ3) is 3.02. The highest BCUT2D eigenvalue weighted by Crippen LogP contribution is 2.11. The Morgan fingerprint density at radius 3 is 2.60 bits per heavy atom. The molecule has 0 aliphatic heterocycles. The number of hydrogen-bond donors (Lipinski definition) is 1. The van der Waals surface area contributed by atoms with E-state index in [0.29, 0.717) is 18.8 Å². The van der Waals surface area contributed by atoms with Crippen LogP contribution in [0.5, 0.6) is 0 Å². The molecule has 0 heterocycles. The van der Waals surface area contributed by atoms with Crippen LogP contribution in [0, 0.1) is 0 Å². The lowest BCUT2D eigenvalue weighted by atomic mass is 10.1. The van der Waals surface area contributed by atoms with Crippen LogP contribution in [-0.4, -0.2) is 41.3 Å². The highest BCUT2D eigenvalue weighted by Gasteiger charge is 2.18. The third-order valence-corrected chi connectivity index (χ3v) is 2.13. The molecule has 4 heteroatoms. The van der Waals surface area contributed by atoms with Crippen molar-refractivity contribution in [2.45, 2.75) is 13.3 Å². The SMILES string of the molecule is CCCN(CCO)C1=CC(=O)C=CC1=O. The molecular weight excluding hydrogens is 194 g/mol. The van der Waals surface area contributed by atoms with Gasteiger partial charge in [0.1, 0.15) is 0 Å². The van der Waals surface area contributed by atoms with Gasteiger partial charge in [-0.05, 0) is 18.6 Å². The van der Waals surface area contributed by atoms with Crippen LogP contribution in [0.25, 0.3) is 0 Å². The van der Waals surface area contributed by atoms with Crippen LogP contribution in [0.15, 0.2) is 23.9 Å². The van der Waals surface area contributed by atoms with E-state index in [9.17, 15) is 9.59 Å². The summed E-state index contributed by atoms with van der Waals surface area (Å²) in [5.74, 6) is -0.347. The molecule has 0 atom stereocenters. The topological polar surface area (TPSA) is 57.6 Å². The Morgan fingerprint density at radius 2 is 2.00 bits per heavy atom. The fraction of sp³-hybridized carbons (Fsp3) is 0.455. The van der Waals surface area contributed by atoms with E-state index in [4.69, 9.17) is 5.11 Å². The normalized spacial score (nSPS) is 15.5.